The van der Waals surface area contributed by atoms with Crippen LogP contribution in [0.3, 0.4) is 0 Å². The predicted molar refractivity (Wildman–Crippen MR) is 118 cm³/mol. The first-order chi connectivity index (χ1) is 15.3. The van der Waals surface area contributed by atoms with Crippen LogP contribution in [0.1, 0.15) is 32.1 Å². The number of carbonyl (C=O) groups excluding carboxylic acids is 2. The molecule has 0 unspecified atom stereocenters. The number of fused-ring (bicyclic) bond motifs is 1. The lowest BCUT2D eigenvalue weighted by atomic mass is 9.93. The lowest BCUT2D eigenvalue weighted by Crippen LogP contribution is -2.49. The molecule has 8 heteroatoms. The zero-order valence-corrected chi connectivity index (χ0v) is 18.6. The molecule has 32 heavy (non-hydrogen) atoms. The van der Waals surface area contributed by atoms with Crippen LogP contribution in [0.2, 0.25) is 0 Å². The van der Waals surface area contributed by atoms with E-state index >= 15 is 0 Å². The van der Waals surface area contributed by atoms with Crippen molar-refractivity contribution in [3.63, 3.8) is 0 Å². The SMILES string of the molecule is CO[C@@H](C(=O)C[C@H]1COc2ccccc2N(C)C1=O)[C@H](O)[C@@H](O)[C@H](O)/C=C/C1CCCC1. The van der Waals surface area contributed by atoms with E-state index in [4.69, 9.17) is 9.47 Å². The Morgan fingerprint density at radius 1 is 1.22 bits per heavy atom. The summed E-state index contributed by atoms with van der Waals surface area (Å²) in [7, 11) is 2.86. The van der Waals surface area contributed by atoms with Crippen molar-refractivity contribution < 1.29 is 34.4 Å². The molecule has 176 valence electrons. The Morgan fingerprint density at radius 2 is 1.91 bits per heavy atom. The number of rotatable bonds is 9. The van der Waals surface area contributed by atoms with Gasteiger partial charge >= 0.3 is 0 Å². The first-order valence-corrected chi connectivity index (χ1v) is 11.1. The van der Waals surface area contributed by atoms with Crippen molar-refractivity contribution in [2.45, 2.75) is 56.5 Å². The fraction of sp³-hybridized carbons (Fsp3) is 0.583. The predicted octanol–water partition coefficient (Wildman–Crippen LogP) is 1.46. The average Bonchev–Trinajstić information content (AvgIpc) is 3.29. The van der Waals surface area contributed by atoms with Crippen molar-refractivity contribution >= 4 is 17.4 Å². The summed E-state index contributed by atoms with van der Waals surface area (Å²) >= 11 is 0. The lowest BCUT2D eigenvalue weighted by molar-refractivity contribution is -0.149. The van der Waals surface area contributed by atoms with Gasteiger partial charge in [-0.3, -0.25) is 9.59 Å². The number of ether oxygens (including phenoxy) is 2. The number of aliphatic hydroxyl groups is 3. The van der Waals surface area contributed by atoms with E-state index < -0.39 is 36.1 Å². The maximum Gasteiger partial charge on any atom is 0.233 e. The third-order valence-corrected chi connectivity index (χ3v) is 6.36. The number of hydrogen-bond acceptors (Lipinski definition) is 7. The number of para-hydroxylation sites is 2. The molecule has 1 aliphatic heterocycles. The van der Waals surface area contributed by atoms with Gasteiger partial charge in [-0.2, -0.15) is 0 Å². The van der Waals surface area contributed by atoms with E-state index in [-0.39, 0.29) is 18.9 Å². The number of allylic oxidation sites excluding steroid dienone is 1. The summed E-state index contributed by atoms with van der Waals surface area (Å²) in [6, 6.07) is 7.11. The highest BCUT2D eigenvalue weighted by molar-refractivity contribution is 5.99. The fourth-order valence-corrected chi connectivity index (χ4v) is 4.39. The minimum absolute atomic E-state index is 0.00770. The molecule has 8 nitrogen and oxygen atoms in total. The van der Waals surface area contributed by atoms with E-state index in [2.05, 4.69) is 0 Å². The molecule has 1 heterocycles. The summed E-state index contributed by atoms with van der Waals surface area (Å²) in [6.45, 7) is 0.00770. The highest BCUT2D eigenvalue weighted by Crippen LogP contribution is 2.32. The van der Waals surface area contributed by atoms with Crippen molar-refractivity contribution in [3.8, 4) is 5.75 Å². The second-order valence-corrected chi connectivity index (χ2v) is 8.60. The van der Waals surface area contributed by atoms with Gasteiger partial charge in [-0.1, -0.05) is 37.1 Å². The molecule has 0 radical (unpaired) electrons. The van der Waals surface area contributed by atoms with E-state index in [1.165, 1.54) is 18.1 Å². The molecular formula is C24H33NO7. The summed E-state index contributed by atoms with van der Waals surface area (Å²) in [6.07, 6.45) is 1.48. The van der Waals surface area contributed by atoms with Gasteiger partial charge in [0.15, 0.2) is 5.78 Å². The van der Waals surface area contributed by atoms with Crippen LogP contribution >= 0.6 is 0 Å². The monoisotopic (exact) mass is 447 g/mol. The van der Waals surface area contributed by atoms with Gasteiger partial charge in [0.25, 0.3) is 0 Å². The molecule has 1 saturated carbocycles. The number of benzene rings is 1. The van der Waals surface area contributed by atoms with E-state index in [1.807, 2.05) is 6.08 Å². The van der Waals surface area contributed by atoms with Crippen LogP contribution in [0.5, 0.6) is 5.75 Å². The third-order valence-electron chi connectivity index (χ3n) is 6.36. The number of ketones is 1. The molecule has 0 spiro atoms. The van der Waals surface area contributed by atoms with Crippen molar-refractivity contribution in [3.05, 3.63) is 36.4 Å². The Labute approximate surface area is 188 Å². The Kier molecular flexibility index (Phi) is 8.42. The van der Waals surface area contributed by atoms with Gasteiger partial charge in [0, 0.05) is 20.6 Å². The van der Waals surface area contributed by atoms with E-state index in [9.17, 15) is 24.9 Å². The van der Waals surface area contributed by atoms with Crippen molar-refractivity contribution in [1.29, 1.82) is 0 Å². The molecule has 1 fully saturated rings. The van der Waals surface area contributed by atoms with Crippen molar-refractivity contribution in [2.24, 2.45) is 11.8 Å². The number of anilines is 1. The average molecular weight is 448 g/mol. The standard InChI is InChI=1S/C24H33NO7/c1-25-17-9-5-6-10-20(17)32-14-16(24(25)30)13-19(27)23(31-2)22(29)21(28)18(26)12-11-15-7-3-4-8-15/h5-6,9-12,15-16,18,21-23,26,28-29H,3-4,7-8,13-14H2,1-2H3/b12-11+/t16-,18+,21-,22+,23-/m0/s1. The number of Topliss-reactive ketones (excluding diaryl/α,β-unsaturated/α-hetero) is 1. The first-order valence-electron chi connectivity index (χ1n) is 11.1. The molecule has 3 rings (SSSR count). The van der Waals surface area contributed by atoms with Gasteiger partial charge in [0.05, 0.1) is 11.6 Å². The molecule has 1 aliphatic carbocycles. The van der Waals surface area contributed by atoms with Gasteiger partial charge in [-0.15, -0.1) is 0 Å². The number of amides is 1. The zero-order chi connectivity index (χ0) is 23.3. The number of hydrogen-bond donors (Lipinski definition) is 3. The molecule has 0 bridgehead atoms. The van der Waals surface area contributed by atoms with E-state index in [0.717, 1.165) is 25.7 Å². The molecule has 5 atom stereocenters. The van der Waals surface area contributed by atoms with Gasteiger partial charge in [-0.25, -0.2) is 0 Å². The minimum Gasteiger partial charge on any atom is -0.491 e. The second kappa shape index (κ2) is 11.0. The Hall–Kier alpha value is -2.26. The van der Waals surface area contributed by atoms with Crippen LogP contribution in [-0.4, -0.2) is 72.2 Å². The lowest BCUT2D eigenvalue weighted by Gasteiger charge is -2.28. The number of methoxy groups -OCH3 is 1. The van der Waals surface area contributed by atoms with E-state index in [0.29, 0.717) is 17.4 Å². The topological polar surface area (TPSA) is 117 Å². The molecule has 2 aliphatic rings. The fourth-order valence-electron chi connectivity index (χ4n) is 4.39. The van der Waals surface area contributed by atoms with Crippen LogP contribution in [0, 0.1) is 11.8 Å². The highest BCUT2D eigenvalue weighted by Gasteiger charge is 2.38. The highest BCUT2D eigenvalue weighted by atomic mass is 16.5. The largest absolute Gasteiger partial charge is 0.491 e. The molecule has 1 amide bonds. The summed E-state index contributed by atoms with van der Waals surface area (Å²) in [5, 5.41) is 31.2. The molecule has 1 aromatic carbocycles. The van der Waals surface area contributed by atoms with Crippen LogP contribution in [0.4, 0.5) is 5.69 Å². The zero-order valence-electron chi connectivity index (χ0n) is 18.6. The van der Waals surface area contributed by atoms with Crippen LogP contribution in [-0.2, 0) is 14.3 Å². The minimum atomic E-state index is -1.65. The van der Waals surface area contributed by atoms with Gasteiger partial charge in [0.2, 0.25) is 5.91 Å². The Bertz CT molecular complexity index is 820. The summed E-state index contributed by atoms with van der Waals surface area (Å²) in [4.78, 5) is 27.2. The maximum absolute atomic E-state index is 12.9. The molecule has 1 aromatic rings. The Balaban J connectivity index is 1.62. The summed E-state index contributed by atoms with van der Waals surface area (Å²) in [5.74, 6) is -0.695. The molecule has 0 saturated heterocycles. The molecular weight excluding hydrogens is 414 g/mol. The second-order valence-electron chi connectivity index (χ2n) is 8.60. The summed E-state index contributed by atoms with van der Waals surface area (Å²) < 4.78 is 10.9. The smallest absolute Gasteiger partial charge is 0.233 e. The van der Waals surface area contributed by atoms with Crippen molar-refractivity contribution in [1.82, 2.24) is 0 Å². The number of nitrogens with zero attached hydrogens (tertiary/aromatic N) is 1. The molecule has 3 N–H and O–H groups in total. The number of carbonyl (C=O) groups is 2. The van der Waals surface area contributed by atoms with Crippen LogP contribution in [0.15, 0.2) is 36.4 Å². The summed E-state index contributed by atoms with van der Waals surface area (Å²) in [5.41, 5.74) is 0.614. The first kappa shape index (κ1) is 24.4. The van der Waals surface area contributed by atoms with Crippen LogP contribution in [0.25, 0.3) is 0 Å². The van der Waals surface area contributed by atoms with E-state index in [1.54, 1.807) is 31.3 Å². The van der Waals surface area contributed by atoms with Gasteiger partial charge in [-0.05, 0) is 30.9 Å². The van der Waals surface area contributed by atoms with Gasteiger partial charge in [0.1, 0.15) is 36.8 Å². The quantitative estimate of drug-likeness (QED) is 0.491. The van der Waals surface area contributed by atoms with Crippen LogP contribution < -0.4 is 9.64 Å². The van der Waals surface area contributed by atoms with Crippen molar-refractivity contribution in [2.75, 3.05) is 25.7 Å². The van der Waals surface area contributed by atoms with Gasteiger partial charge < -0.3 is 29.7 Å². The third kappa shape index (κ3) is 5.56. The Morgan fingerprint density at radius 3 is 2.59 bits per heavy atom. The molecule has 0 aromatic heterocycles. The maximum atomic E-state index is 12.9. The normalized spacial score (nSPS) is 23.3. The number of aliphatic hydroxyl groups excluding tert-OH is 3.